The van der Waals surface area contributed by atoms with Gasteiger partial charge in [-0.1, -0.05) is 23.7 Å². The molecule has 0 radical (unpaired) electrons. The van der Waals surface area contributed by atoms with Crippen molar-refractivity contribution in [2.75, 3.05) is 5.32 Å². The maximum Gasteiger partial charge on any atom is 0.0737 e. The fourth-order valence-corrected chi connectivity index (χ4v) is 4.54. The van der Waals surface area contributed by atoms with Crippen LogP contribution in [0.4, 0.5) is 5.69 Å². The molecule has 1 fully saturated rings. The SMILES string of the molecule is Clc1ccc2c(N[C@H]3CC[C@@H](NCc4ccc5cc[nH]c5c4)CC3)ccnc2c1. The zero-order chi connectivity index (χ0) is 19.6. The number of aromatic amines is 1. The lowest BCUT2D eigenvalue weighted by molar-refractivity contribution is 0.353. The highest BCUT2D eigenvalue weighted by atomic mass is 35.5. The minimum atomic E-state index is 0.504. The number of anilines is 1. The van der Waals surface area contributed by atoms with E-state index >= 15 is 0 Å². The summed E-state index contributed by atoms with van der Waals surface area (Å²) in [6.45, 7) is 0.924. The zero-order valence-electron chi connectivity index (χ0n) is 16.3. The summed E-state index contributed by atoms with van der Waals surface area (Å²) in [7, 11) is 0. The van der Waals surface area contributed by atoms with Crippen LogP contribution in [0.2, 0.25) is 5.02 Å². The van der Waals surface area contributed by atoms with Crippen molar-refractivity contribution in [3.63, 3.8) is 0 Å². The Morgan fingerprint density at radius 1 is 0.966 bits per heavy atom. The van der Waals surface area contributed by atoms with E-state index in [1.165, 1.54) is 42.1 Å². The first-order valence-corrected chi connectivity index (χ1v) is 10.7. The lowest BCUT2D eigenvalue weighted by Crippen LogP contribution is -2.36. The molecule has 0 unspecified atom stereocenters. The number of halogens is 1. The van der Waals surface area contributed by atoms with E-state index < -0.39 is 0 Å². The van der Waals surface area contributed by atoms with E-state index in [4.69, 9.17) is 11.6 Å². The molecule has 0 saturated heterocycles. The number of nitrogens with zero attached hydrogens (tertiary/aromatic N) is 1. The molecule has 0 atom stereocenters. The summed E-state index contributed by atoms with van der Waals surface area (Å²) in [6.07, 6.45) is 8.58. The molecule has 2 heterocycles. The van der Waals surface area contributed by atoms with Crippen LogP contribution in [0.25, 0.3) is 21.8 Å². The van der Waals surface area contributed by atoms with Gasteiger partial charge in [0, 0.05) is 52.6 Å². The molecule has 0 bridgehead atoms. The minimum absolute atomic E-state index is 0.504. The molecular formula is C24H25ClN4. The van der Waals surface area contributed by atoms with Crippen LogP contribution >= 0.6 is 11.6 Å². The number of hydrogen-bond donors (Lipinski definition) is 3. The van der Waals surface area contributed by atoms with Gasteiger partial charge < -0.3 is 15.6 Å². The second-order valence-corrected chi connectivity index (χ2v) is 8.43. The van der Waals surface area contributed by atoms with E-state index in [0.717, 1.165) is 28.2 Å². The van der Waals surface area contributed by atoms with Gasteiger partial charge in [-0.2, -0.15) is 0 Å². The van der Waals surface area contributed by atoms with E-state index in [9.17, 15) is 0 Å². The third-order valence-corrected chi connectivity index (χ3v) is 6.24. The molecule has 1 aliphatic rings. The third-order valence-electron chi connectivity index (χ3n) is 6.01. The van der Waals surface area contributed by atoms with E-state index in [1.54, 1.807) is 0 Å². The monoisotopic (exact) mass is 404 g/mol. The van der Waals surface area contributed by atoms with Gasteiger partial charge in [0.2, 0.25) is 0 Å². The number of nitrogens with one attached hydrogen (secondary N) is 3. The van der Waals surface area contributed by atoms with Crippen molar-refractivity contribution < 1.29 is 0 Å². The number of benzene rings is 2. The fourth-order valence-electron chi connectivity index (χ4n) is 4.38. The van der Waals surface area contributed by atoms with Crippen LogP contribution in [0.5, 0.6) is 0 Å². The fraction of sp³-hybridized carbons (Fsp3) is 0.292. The Balaban J connectivity index is 1.16. The van der Waals surface area contributed by atoms with Crippen molar-refractivity contribution in [3.05, 3.63) is 71.5 Å². The van der Waals surface area contributed by atoms with Crippen molar-refractivity contribution in [3.8, 4) is 0 Å². The molecule has 1 saturated carbocycles. The number of fused-ring (bicyclic) bond motifs is 2. The Kier molecular flexibility index (Phi) is 5.13. The van der Waals surface area contributed by atoms with Gasteiger partial charge in [0.05, 0.1) is 5.52 Å². The number of H-pyrrole nitrogens is 1. The highest BCUT2D eigenvalue weighted by molar-refractivity contribution is 6.31. The first kappa shape index (κ1) is 18.5. The molecule has 5 rings (SSSR count). The highest BCUT2D eigenvalue weighted by Crippen LogP contribution is 2.28. The van der Waals surface area contributed by atoms with E-state index in [1.807, 2.05) is 24.5 Å². The van der Waals surface area contributed by atoms with E-state index in [2.05, 4.69) is 57.0 Å². The van der Waals surface area contributed by atoms with Crippen molar-refractivity contribution in [1.29, 1.82) is 0 Å². The molecule has 0 amide bonds. The van der Waals surface area contributed by atoms with Gasteiger partial charge in [-0.15, -0.1) is 0 Å². The zero-order valence-corrected chi connectivity index (χ0v) is 17.0. The number of hydrogen-bond acceptors (Lipinski definition) is 3. The third kappa shape index (κ3) is 4.09. The average molecular weight is 405 g/mol. The first-order valence-electron chi connectivity index (χ1n) is 10.3. The van der Waals surface area contributed by atoms with Crippen LogP contribution in [0.1, 0.15) is 31.2 Å². The average Bonchev–Trinajstić information content (AvgIpc) is 3.21. The van der Waals surface area contributed by atoms with Gasteiger partial charge in [0.25, 0.3) is 0 Å². The van der Waals surface area contributed by atoms with Gasteiger partial charge in [0.1, 0.15) is 0 Å². The summed E-state index contributed by atoms with van der Waals surface area (Å²) in [5.41, 5.74) is 4.64. The Morgan fingerprint density at radius 3 is 2.72 bits per heavy atom. The molecular weight excluding hydrogens is 380 g/mol. The maximum atomic E-state index is 6.11. The largest absolute Gasteiger partial charge is 0.382 e. The Hall–Kier alpha value is -2.56. The van der Waals surface area contributed by atoms with Gasteiger partial charge in [-0.3, -0.25) is 4.98 Å². The minimum Gasteiger partial charge on any atom is -0.382 e. The lowest BCUT2D eigenvalue weighted by Gasteiger charge is -2.30. The second kappa shape index (κ2) is 8.05. The van der Waals surface area contributed by atoms with Gasteiger partial charge in [0.15, 0.2) is 0 Å². The van der Waals surface area contributed by atoms with Gasteiger partial charge in [-0.05, 0) is 73.0 Å². The predicted molar refractivity (Wildman–Crippen MR) is 122 cm³/mol. The molecule has 5 heteroatoms. The van der Waals surface area contributed by atoms with Gasteiger partial charge >= 0.3 is 0 Å². The van der Waals surface area contributed by atoms with Crippen molar-refractivity contribution >= 4 is 39.1 Å². The van der Waals surface area contributed by atoms with E-state index in [0.29, 0.717) is 12.1 Å². The number of rotatable bonds is 5. The Bertz CT molecular complexity index is 1130. The molecule has 2 aromatic carbocycles. The first-order chi connectivity index (χ1) is 14.2. The summed E-state index contributed by atoms with van der Waals surface area (Å²) in [5, 5.41) is 10.6. The van der Waals surface area contributed by atoms with Crippen LogP contribution < -0.4 is 10.6 Å². The van der Waals surface area contributed by atoms with Crippen LogP contribution in [0.3, 0.4) is 0 Å². The summed E-state index contributed by atoms with van der Waals surface area (Å²) in [5.74, 6) is 0. The lowest BCUT2D eigenvalue weighted by atomic mass is 9.90. The topological polar surface area (TPSA) is 52.7 Å². The summed E-state index contributed by atoms with van der Waals surface area (Å²) in [4.78, 5) is 7.73. The van der Waals surface area contributed by atoms with Crippen molar-refractivity contribution in [2.24, 2.45) is 0 Å². The predicted octanol–water partition coefficient (Wildman–Crippen LogP) is 5.88. The molecule has 0 spiro atoms. The van der Waals surface area contributed by atoms with E-state index in [-0.39, 0.29) is 0 Å². The normalized spacial score (nSPS) is 19.6. The molecule has 3 N–H and O–H groups in total. The maximum absolute atomic E-state index is 6.11. The summed E-state index contributed by atoms with van der Waals surface area (Å²) < 4.78 is 0. The molecule has 148 valence electrons. The molecule has 4 nitrogen and oxygen atoms in total. The molecule has 2 aromatic heterocycles. The van der Waals surface area contributed by atoms with Gasteiger partial charge in [-0.25, -0.2) is 0 Å². The molecule has 4 aromatic rings. The number of pyridine rings is 1. The van der Waals surface area contributed by atoms with Crippen LogP contribution in [0.15, 0.2) is 60.9 Å². The van der Waals surface area contributed by atoms with Crippen LogP contribution in [-0.2, 0) is 6.54 Å². The second-order valence-electron chi connectivity index (χ2n) is 7.99. The van der Waals surface area contributed by atoms with Crippen LogP contribution in [-0.4, -0.2) is 22.1 Å². The van der Waals surface area contributed by atoms with Crippen molar-refractivity contribution in [1.82, 2.24) is 15.3 Å². The quantitative estimate of drug-likeness (QED) is 0.389. The smallest absolute Gasteiger partial charge is 0.0737 e. The summed E-state index contributed by atoms with van der Waals surface area (Å²) in [6, 6.07) is 17.8. The summed E-state index contributed by atoms with van der Waals surface area (Å²) >= 11 is 6.11. The standard InChI is InChI=1S/C24H25ClN4/c25-18-3-8-21-22(10-12-27-24(21)14-18)29-20-6-4-19(5-7-20)28-15-16-1-2-17-9-11-26-23(17)13-16/h1-3,8-14,19-20,26,28H,4-7,15H2,(H,27,29)/t19-,20+. The molecule has 1 aliphatic carbocycles. The Labute approximate surface area is 175 Å². The Morgan fingerprint density at radius 2 is 1.83 bits per heavy atom. The highest BCUT2D eigenvalue weighted by Gasteiger charge is 2.21. The molecule has 0 aliphatic heterocycles. The number of aromatic nitrogens is 2. The molecule has 29 heavy (non-hydrogen) atoms. The van der Waals surface area contributed by atoms with Crippen molar-refractivity contribution in [2.45, 2.75) is 44.3 Å². The van der Waals surface area contributed by atoms with Crippen LogP contribution in [0, 0.1) is 0 Å².